The molecule has 2 aromatic carbocycles. The SMILES string of the molecule is NC(=O)C1(N)CCC(Oc2cccc3ccccc23)C1. The van der Waals surface area contributed by atoms with Crippen molar-refractivity contribution in [2.75, 3.05) is 0 Å². The molecule has 0 saturated heterocycles. The summed E-state index contributed by atoms with van der Waals surface area (Å²) in [4.78, 5) is 11.4. The topological polar surface area (TPSA) is 78.3 Å². The standard InChI is InChI=1S/C16H18N2O2/c17-15(19)16(18)9-8-12(10-16)20-14-7-3-5-11-4-1-2-6-13(11)14/h1-7,12H,8-10,18H2,(H2,17,19). The summed E-state index contributed by atoms with van der Waals surface area (Å²) in [6.07, 6.45) is 1.75. The highest BCUT2D eigenvalue weighted by Gasteiger charge is 2.41. The van der Waals surface area contributed by atoms with Crippen LogP contribution in [0.25, 0.3) is 10.8 Å². The zero-order valence-electron chi connectivity index (χ0n) is 11.2. The van der Waals surface area contributed by atoms with E-state index in [0.717, 1.165) is 22.9 Å². The number of hydrogen-bond donors (Lipinski definition) is 2. The molecule has 3 rings (SSSR count). The van der Waals surface area contributed by atoms with Gasteiger partial charge < -0.3 is 16.2 Å². The summed E-state index contributed by atoms with van der Waals surface area (Å²) in [6.45, 7) is 0. The Hall–Kier alpha value is -2.07. The number of rotatable bonds is 3. The van der Waals surface area contributed by atoms with Gasteiger partial charge >= 0.3 is 0 Å². The molecule has 2 unspecified atom stereocenters. The maximum absolute atomic E-state index is 11.4. The van der Waals surface area contributed by atoms with E-state index >= 15 is 0 Å². The van der Waals surface area contributed by atoms with E-state index in [1.54, 1.807) is 0 Å². The molecule has 0 spiro atoms. The Morgan fingerprint density at radius 1 is 1.20 bits per heavy atom. The second-order valence-corrected chi connectivity index (χ2v) is 5.48. The number of ether oxygens (including phenoxy) is 1. The van der Waals surface area contributed by atoms with Crippen molar-refractivity contribution in [3.8, 4) is 5.75 Å². The van der Waals surface area contributed by atoms with Crippen LogP contribution in [0.1, 0.15) is 19.3 Å². The van der Waals surface area contributed by atoms with E-state index < -0.39 is 11.4 Å². The molecular weight excluding hydrogens is 252 g/mol. The minimum absolute atomic E-state index is 0.0571. The highest BCUT2D eigenvalue weighted by atomic mass is 16.5. The predicted octanol–water partition coefficient (Wildman–Crippen LogP) is 1.95. The lowest BCUT2D eigenvalue weighted by molar-refractivity contribution is -0.123. The molecule has 1 amide bonds. The molecule has 2 aromatic rings. The summed E-state index contributed by atoms with van der Waals surface area (Å²) in [7, 11) is 0. The Balaban J connectivity index is 1.83. The van der Waals surface area contributed by atoms with Crippen LogP contribution >= 0.6 is 0 Å². The lowest BCUT2D eigenvalue weighted by Gasteiger charge is -2.20. The number of hydrogen-bond acceptors (Lipinski definition) is 3. The van der Waals surface area contributed by atoms with E-state index in [-0.39, 0.29) is 6.10 Å². The first-order valence-corrected chi connectivity index (χ1v) is 6.82. The van der Waals surface area contributed by atoms with Crippen LogP contribution in [0.2, 0.25) is 0 Å². The smallest absolute Gasteiger partial charge is 0.237 e. The fourth-order valence-corrected chi connectivity index (χ4v) is 2.83. The van der Waals surface area contributed by atoms with Gasteiger partial charge in [0.1, 0.15) is 11.9 Å². The summed E-state index contributed by atoms with van der Waals surface area (Å²) in [5, 5.41) is 2.21. The van der Waals surface area contributed by atoms with Gasteiger partial charge in [0.15, 0.2) is 0 Å². The van der Waals surface area contributed by atoms with E-state index in [0.29, 0.717) is 12.8 Å². The van der Waals surface area contributed by atoms with Gasteiger partial charge in [0, 0.05) is 11.8 Å². The van der Waals surface area contributed by atoms with Gasteiger partial charge in [-0.3, -0.25) is 4.79 Å². The third-order valence-electron chi connectivity index (χ3n) is 4.04. The van der Waals surface area contributed by atoms with Crippen LogP contribution < -0.4 is 16.2 Å². The Morgan fingerprint density at radius 3 is 2.70 bits per heavy atom. The number of fused-ring (bicyclic) bond motifs is 1. The fraction of sp³-hybridized carbons (Fsp3) is 0.312. The molecule has 2 atom stereocenters. The van der Waals surface area contributed by atoms with Crippen LogP contribution in [0.3, 0.4) is 0 Å². The maximum atomic E-state index is 11.4. The Labute approximate surface area is 117 Å². The third-order valence-corrected chi connectivity index (χ3v) is 4.04. The van der Waals surface area contributed by atoms with Gasteiger partial charge in [-0.1, -0.05) is 36.4 Å². The normalized spacial score (nSPS) is 25.8. The van der Waals surface area contributed by atoms with Gasteiger partial charge in [-0.25, -0.2) is 0 Å². The minimum atomic E-state index is -0.921. The summed E-state index contributed by atoms with van der Waals surface area (Å²) in [6, 6.07) is 14.0. The average Bonchev–Trinajstić information content (AvgIpc) is 2.82. The molecule has 20 heavy (non-hydrogen) atoms. The zero-order chi connectivity index (χ0) is 14.2. The highest BCUT2D eigenvalue weighted by molar-refractivity contribution is 5.88. The molecule has 0 aliphatic heterocycles. The van der Waals surface area contributed by atoms with Gasteiger partial charge in [0.2, 0.25) is 5.91 Å². The van der Waals surface area contributed by atoms with Crippen molar-refractivity contribution in [2.24, 2.45) is 11.5 Å². The Kier molecular flexibility index (Phi) is 3.10. The van der Waals surface area contributed by atoms with Crippen molar-refractivity contribution in [3.05, 3.63) is 42.5 Å². The zero-order valence-corrected chi connectivity index (χ0v) is 11.2. The third kappa shape index (κ3) is 2.23. The van der Waals surface area contributed by atoms with Crippen LogP contribution in [0.5, 0.6) is 5.75 Å². The summed E-state index contributed by atoms with van der Waals surface area (Å²) < 4.78 is 6.05. The van der Waals surface area contributed by atoms with Crippen molar-refractivity contribution >= 4 is 16.7 Å². The fourth-order valence-electron chi connectivity index (χ4n) is 2.83. The first-order chi connectivity index (χ1) is 9.58. The lowest BCUT2D eigenvalue weighted by atomic mass is 9.99. The Bertz CT molecular complexity index is 650. The molecule has 4 heteroatoms. The van der Waals surface area contributed by atoms with Crippen LogP contribution in [0, 0.1) is 0 Å². The molecule has 1 saturated carbocycles. The van der Waals surface area contributed by atoms with Crippen molar-refractivity contribution < 1.29 is 9.53 Å². The van der Waals surface area contributed by atoms with E-state index in [4.69, 9.17) is 16.2 Å². The Morgan fingerprint density at radius 2 is 1.95 bits per heavy atom. The van der Waals surface area contributed by atoms with Gasteiger partial charge in [-0.15, -0.1) is 0 Å². The van der Waals surface area contributed by atoms with Gasteiger partial charge in [0.25, 0.3) is 0 Å². The first kappa shape index (κ1) is 12.9. The van der Waals surface area contributed by atoms with E-state index in [1.165, 1.54) is 0 Å². The van der Waals surface area contributed by atoms with Gasteiger partial charge in [-0.2, -0.15) is 0 Å². The van der Waals surface area contributed by atoms with Crippen molar-refractivity contribution in [3.63, 3.8) is 0 Å². The summed E-state index contributed by atoms with van der Waals surface area (Å²) in [5.41, 5.74) is 10.4. The molecule has 0 bridgehead atoms. The summed E-state index contributed by atoms with van der Waals surface area (Å²) >= 11 is 0. The van der Waals surface area contributed by atoms with Gasteiger partial charge in [-0.05, 0) is 24.3 Å². The summed E-state index contributed by atoms with van der Waals surface area (Å²) in [5.74, 6) is 0.392. The molecule has 1 aliphatic rings. The second kappa shape index (κ2) is 4.80. The molecule has 4 nitrogen and oxygen atoms in total. The molecule has 0 heterocycles. The molecule has 0 aromatic heterocycles. The molecule has 1 aliphatic carbocycles. The number of amides is 1. The van der Waals surface area contributed by atoms with Crippen LogP contribution in [0.15, 0.2) is 42.5 Å². The highest BCUT2D eigenvalue weighted by Crippen LogP contribution is 2.33. The molecule has 4 N–H and O–H groups in total. The quantitative estimate of drug-likeness (QED) is 0.894. The monoisotopic (exact) mass is 270 g/mol. The number of nitrogens with two attached hydrogens (primary N) is 2. The molecule has 1 fully saturated rings. The van der Waals surface area contributed by atoms with Crippen molar-refractivity contribution in [1.82, 2.24) is 0 Å². The number of benzene rings is 2. The molecule has 104 valence electrons. The van der Waals surface area contributed by atoms with Crippen LogP contribution in [-0.2, 0) is 4.79 Å². The predicted molar refractivity (Wildman–Crippen MR) is 78.3 cm³/mol. The van der Waals surface area contributed by atoms with E-state index in [2.05, 4.69) is 0 Å². The van der Waals surface area contributed by atoms with E-state index in [1.807, 2.05) is 42.5 Å². The van der Waals surface area contributed by atoms with Crippen LogP contribution in [-0.4, -0.2) is 17.6 Å². The largest absolute Gasteiger partial charge is 0.490 e. The van der Waals surface area contributed by atoms with E-state index in [9.17, 15) is 4.79 Å². The second-order valence-electron chi connectivity index (χ2n) is 5.48. The minimum Gasteiger partial charge on any atom is -0.490 e. The molecular formula is C16H18N2O2. The average molecular weight is 270 g/mol. The first-order valence-electron chi connectivity index (χ1n) is 6.82. The van der Waals surface area contributed by atoms with Crippen molar-refractivity contribution in [1.29, 1.82) is 0 Å². The lowest BCUT2D eigenvalue weighted by Crippen LogP contribution is -2.50. The van der Waals surface area contributed by atoms with Crippen LogP contribution in [0.4, 0.5) is 0 Å². The maximum Gasteiger partial charge on any atom is 0.237 e. The number of carbonyl (C=O) groups is 1. The van der Waals surface area contributed by atoms with Gasteiger partial charge in [0.05, 0.1) is 5.54 Å². The van der Waals surface area contributed by atoms with Crippen molar-refractivity contribution in [2.45, 2.75) is 30.9 Å². The molecule has 0 radical (unpaired) electrons. The number of primary amides is 1. The number of carbonyl (C=O) groups excluding carboxylic acids is 1.